The topological polar surface area (TPSA) is 77.2 Å². The highest BCUT2D eigenvalue weighted by molar-refractivity contribution is 9.10. The van der Waals surface area contributed by atoms with Gasteiger partial charge in [-0.2, -0.15) is 0 Å². The van der Waals surface area contributed by atoms with Gasteiger partial charge in [-0.3, -0.25) is 4.21 Å². The van der Waals surface area contributed by atoms with Crippen molar-refractivity contribution < 1.29 is 12.6 Å². The minimum atomic E-state index is -3.17. The molecule has 2 N–H and O–H groups in total. The highest BCUT2D eigenvalue weighted by atomic mass is 79.9. The number of nitrogen functional groups attached to an aromatic ring is 1. The van der Waals surface area contributed by atoms with E-state index in [0.717, 1.165) is 4.47 Å². The number of hydrogen-bond donors (Lipinski definition) is 1. The second kappa shape index (κ2) is 6.16. The first-order chi connectivity index (χ1) is 8.24. The van der Waals surface area contributed by atoms with Crippen LogP contribution in [0.3, 0.4) is 0 Å². The first-order valence-corrected chi connectivity index (χ1v) is 9.21. The van der Waals surface area contributed by atoms with Gasteiger partial charge in [0.05, 0.1) is 26.7 Å². The number of nitrogens with two attached hydrogens (primary N) is 1. The SMILES string of the molecule is CC(C)S(=O)(=O)CCS(=O)c1ccc(Br)cc1N. The van der Waals surface area contributed by atoms with Crippen LogP contribution in [0.5, 0.6) is 0 Å². The maximum atomic E-state index is 12.0. The van der Waals surface area contributed by atoms with Gasteiger partial charge in [0.25, 0.3) is 0 Å². The van der Waals surface area contributed by atoms with Crippen molar-refractivity contribution in [3.8, 4) is 0 Å². The summed E-state index contributed by atoms with van der Waals surface area (Å²) in [4.78, 5) is 0.483. The monoisotopic (exact) mass is 353 g/mol. The van der Waals surface area contributed by atoms with Gasteiger partial charge in [-0.05, 0) is 32.0 Å². The van der Waals surface area contributed by atoms with Gasteiger partial charge in [-0.15, -0.1) is 0 Å². The number of benzene rings is 1. The highest BCUT2D eigenvalue weighted by Gasteiger charge is 2.18. The van der Waals surface area contributed by atoms with E-state index in [1.165, 1.54) is 0 Å². The fraction of sp³-hybridized carbons (Fsp3) is 0.455. The van der Waals surface area contributed by atoms with Crippen LogP contribution in [0, 0.1) is 0 Å². The van der Waals surface area contributed by atoms with Crippen molar-refractivity contribution in [3.05, 3.63) is 22.7 Å². The lowest BCUT2D eigenvalue weighted by atomic mass is 10.3. The Hall–Kier alpha value is -0.400. The molecule has 0 amide bonds. The Balaban J connectivity index is 2.78. The van der Waals surface area contributed by atoms with E-state index in [0.29, 0.717) is 10.6 Å². The summed E-state index contributed by atoms with van der Waals surface area (Å²) >= 11 is 3.26. The fourth-order valence-corrected chi connectivity index (χ4v) is 4.41. The molecule has 1 aromatic carbocycles. The third-order valence-electron chi connectivity index (χ3n) is 2.49. The van der Waals surface area contributed by atoms with Crippen molar-refractivity contribution in [2.45, 2.75) is 24.0 Å². The normalized spacial score (nSPS) is 13.8. The Morgan fingerprint density at radius 3 is 2.50 bits per heavy atom. The summed E-state index contributed by atoms with van der Waals surface area (Å²) in [6, 6.07) is 5.04. The maximum Gasteiger partial charge on any atom is 0.153 e. The van der Waals surface area contributed by atoms with Gasteiger partial charge in [0, 0.05) is 15.9 Å². The molecule has 0 saturated carbocycles. The van der Waals surface area contributed by atoms with Crippen LogP contribution in [0.25, 0.3) is 0 Å². The van der Waals surface area contributed by atoms with E-state index in [9.17, 15) is 12.6 Å². The molecule has 0 aliphatic heterocycles. The highest BCUT2D eigenvalue weighted by Crippen LogP contribution is 2.21. The van der Waals surface area contributed by atoms with Gasteiger partial charge in [0.15, 0.2) is 9.84 Å². The van der Waals surface area contributed by atoms with Gasteiger partial charge >= 0.3 is 0 Å². The third kappa shape index (κ3) is 4.07. The van der Waals surface area contributed by atoms with Crippen LogP contribution in [-0.4, -0.2) is 29.4 Å². The van der Waals surface area contributed by atoms with Crippen LogP contribution in [-0.2, 0) is 20.6 Å². The third-order valence-corrected chi connectivity index (χ3v) is 6.89. The molecule has 1 atom stereocenters. The summed E-state index contributed by atoms with van der Waals surface area (Å²) in [5, 5.41) is -0.447. The van der Waals surface area contributed by atoms with E-state index in [-0.39, 0.29) is 11.5 Å². The lowest BCUT2D eigenvalue weighted by Gasteiger charge is -2.09. The zero-order valence-electron chi connectivity index (χ0n) is 10.2. The quantitative estimate of drug-likeness (QED) is 0.820. The van der Waals surface area contributed by atoms with E-state index in [2.05, 4.69) is 15.9 Å². The Morgan fingerprint density at radius 1 is 1.39 bits per heavy atom. The van der Waals surface area contributed by atoms with E-state index < -0.39 is 25.9 Å². The molecule has 7 heteroatoms. The predicted octanol–water partition coefficient (Wildman–Crippen LogP) is 1.96. The van der Waals surface area contributed by atoms with Crippen molar-refractivity contribution in [1.82, 2.24) is 0 Å². The van der Waals surface area contributed by atoms with Gasteiger partial charge in [-0.25, -0.2) is 8.42 Å². The number of hydrogen-bond acceptors (Lipinski definition) is 4. The van der Waals surface area contributed by atoms with Crippen LogP contribution in [0.15, 0.2) is 27.6 Å². The molecule has 0 bridgehead atoms. The minimum absolute atomic E-state index is 0.0757. The molecular weight excluding hydrogens is 338 g/mol. The van der Waals surface area contributed by atoms with Crippen LogP contribution in [0.1, 0.15) is 13.8 Å². The van der Waals surface area contributed by atoms with E-state index in [4.69, 9.17) is 5.73 Å². The Morgan fingerprint density at radius 2 is 2.00 bits per heavy atom. The average molecular weight is 354 g/mol. The van der Waals surface area contributed by atoms with Crippen molar-refractivity contribution in [3.63, 3.8) is 0 Å². The molecule has 102 valence electrons. The molecule has 0 spiro atoms. The van der Waals surface area contributed by atoms with Crippen molar-refractivity contribution >= 4 is 42.3 Å². The number of anilines is 1. The molecule has 1 unspecified atom stereocenters. The standard InChI is InChI=1S/C11H16BrNO3S2/c1-8(2)18(15,16)6-5-17(14)11-4-3-9(12)7-10(11)13/h3-4,7-8H,5-6,13H2,1-2H3. The van der Waals surface area contributed by atoms with Crippen molar-refractivity contribution in [2.24, 2.45) is 0 Å². The molecular formula is C11H16BrNO3S2. The lowest BCUT2D eigenvalue weighted by molar-refractivity contribution is 0.588. The van der Waals surface area contributed by atoms with E-state index in [1.807, 2.05) is 0 Å². The molecule has 0 aromatic heterocycles. The fourth-order valence-electron chi connectivity index (χ4n) is 1.26. The molecule has 1 rings (SSSR count). The van der Waals surface area contributed by atoms with Crippen LogP contribution < -0.4 is 5.73 Å². The summed E-state index contributed by atoms with van der Waals surface area (Å²) in [5.41, 5.74) is 6.16. The van der Waals surface area contributed by atoms with Crippen molar-refractivity contribution in [1.29, 1.82) is 0 Å². The van der Waals surface area contributed by atoms with Crippen LogP contribution in [0.2, 0.25) is 0 Å². The predicted molar refractivity (Wildman–Crippen MR) is 78.8 cm³/mol. The van der Waals surface area contributed by atoms with Crippen LogP contribution in [0.4, 0.5) is 5.69 Å². The molecule has 0 saturated heterocycles. The summed E-state index contributed by atoms with van der Waals surface area (Å²) in [6.45, 7) is 3.23. The summed E-state index contributed by atoms with van der Waals surface area (Å²) in [5.74, 6) is -0.0148. The summed E-state index contributed by atoms with van der Waals surface area (Å²) < 4.78 is 36.1. The maximum absolute atomic E-state index is 12.0. The Bertz CT molecular complexity index is 555. The lowest BCUT2D eigenvalue weighted by Crippen LogP contribution is -2.21. The van der Waals surface area contributed by atoms with E-state index in [1.54, 1.807) is 32.0 Å². The molecule has 18 heavy (non-hydrogen) atoms. The van der Waals surface area contributed by atoms with Crippen LogP contribution >= 0.6 is 15.9 Å². The van der Waals surface area contributed by atoms with E-state index >= 15 is 0 Å². The number of sulfone groups is 1. The molecule has 4 nitrogen and oxygen atoms in total. The van der Waals surface area contributed by atoms with Gasteiger partial charge in [-0.1, -0.05) is 15.9 Å². The Kier molecular flexibility index (Phi) is 5.36. The number of halogens is 1. The molecule has 0 fully saturated rings. The molecule has 0 aliphatic carbocycles. The molecule has 1 aromatic rings. The zero-order chi connectivity index (χ0) is 13.9. The van der Waals surface area contributed by atoms with Gasteiger partial charge in [0.2, 0.25) is 0 Å². The molecule has 0 radical (unpaired) electrons. The minimum Gasteiger partial charge on any atom is -0.398 e. The Labute approximate surface area is 118 Å². The first kappa shape index (κ1) is 15.7. The largest absolute Gasteiger partial charge is 0.398 e. The van der Waals surface area contributed by atoms with Crippen molar-refractivity contribution in [2.75, 3.05) is 17.2 Å². The summed E-state index contributed by atoms with van der Waals surface area (Å²) in [7, 11) is -4.56. The number of rotatable bonds is 5. The second-order valence-electron chi connectivity index (χ2n) is 4.15. The average Bonchev–Trinajstić information content (AvgIpc) is 2.25. The smallest absolute Gasteiger partial charge is 0.153 e. The van der Waals surface area contributed by atoms with Gasteiger partial charge < -0.3 is 5.73 Å². The first-order valence-electron chi connectivity index (χ1n) is 5.39. The van der Waals surface area contributed by atoms with Gasteiger partial charge in [0.1, 0.15) is 0 Å². The molecule has 0 heterocycles. The zero-order valence-corrected chi connectivity index (χ0v) is 13.4. The second-order valence-corrected chi connectivity index (χ2v) is 9.28. The molecule has 0 aliphatic rings. The summed E-state index contributed by atoms with van der Waals surface area (Å²) in [6.07, 6.45) is 0.